The topological polar surface area (TPSA) is 9.23 Å². The minimum Gasteiger partial charge on any atom is -0.369 e. The molecule has 0 heterocycles. The van der Waals surface area contributed by atoms with Crippen molar-refractivity contribution in [2.75, 3.05) is 0 Å². The van der Waals surface area contributed by atoms with Crippen molar-refractivity contribution in [3.05, 3.63) is 48.0 Å². The van der Waals surface area contributed by atoms with Crippen molar-refractivity contribution in [2.45, 2.75) is 33.0 Å². The first-order chi connectivity index (χ1) is 6.74. The van der Waals surface area contributed by atoms with Gasteiger partial charge in [-0.05, 0) is 18.9 Å². The Hall–Kier alpha value is -1.08. The molecular weight excluding hydrogens is 172 g/mol. The summed E-state index contributed by atoms with van der Waals surface area (Å²) in [5.41, 5.74) is 2.32. The van der Waals surface area contributed by atoms with E-state index >= 15 is 0 Å². The molecule has 0 fully saturated rings. The summed E-state index contributed by atoms with van der Waals surface area (Å²) < 4.78 is 5.74. The minimum absolute atomic E-state index is 0.190. The van der Waals surface area contributed by atoms with Crippen molar-refractivity contribution in [1.29, 1.82) is 0 Å². The highest BCUT2D eigenvalue weighted by atomic mass is 16.5. The van der Waals surface area contributed by atoms with Crippen LogP contribution in [0.15, 0.2) is 42.5 Å². The van der Waals surface area contributed by atoms with Crippen LogP contribution in [-0.2, 0) is 11.3 Å². The highest BCUT2D eigenvalue weighted by Gasteiger charge is 2.06. The zero-order valence-electron chi connectivity index (χ0n) is 8.99. The van der Waals surface area contributed by atoms with Gasteiger partial charge in [-0.3, -0.25) is 0 Å². The van der Waals surface area contributed by atoms with Crippen LogP contribution in [0.25, 0.3) is 0 Å². The predicted molar refractivity (Wildman–Crippen MR) is 60.1 cm³/mol. The van der Waals surface area contributed by atoms with E-state index in [1.165, 1.54) is 5.56 Å². The SMILES string of the molecule is C=C(C)[C@@H](CC)OCc1ccccc1. The summed E-state index contributed by atoms with van der Waals surface area (Å²) in [5.74, 6) is 0. The molecule has 0 unspecified atom stereocenters. The smallest absolute Gasteiger partial charge is 0.0781 e. The monoisotopic (exact) mass is 190 g/mol. The Labute approximate surface area is 86.4 Å². The van der Waals surface area contributed by atoms with Crippen molar-refractivity contribution in [3.8, 4) is 0 Å². The van der Waals surface area contributed by atoms with Crippen LogP contribution in [0, 0.1) is 0 Å². The van der Waals surface area contributed by atoms with Crippen LogP contribution in [0.2, 0.25) is 0 Å². The average Bonchev–Trinajstić information content (AvgIpc) is 2.20. The summed E-state index contributed by atoms with van der Waals surface area (Å²) in [6.07, 6.45) is 1.18. The maximum Gasteiger partial charge on any atom is 0.0781 e. The van der Waals surface area contributed by atoms with Gasteiger partial charge in [0, 0.05) is 0 Å². The van der Waals surface area contributed by atoms with Gasteiger partial charge in [0.15, 0.2) is 0 Å². The molecule has 14 heavy (non-hydrogen) atoms. The Morgan fingerprint density at radius 2 is 2.00 bits per heavy atom. The molecule has 1 nitrogen and oxygen atoms in total. The Balaban J connectivity index is 2.44. The molecule has 0 aromatic heterocycles. The fraction of sp³-hybridized carbons (Fsp3) is 0.385. The Kier molecular flexibility index (Phi) is 4.41. The van der Waals surface area contributed by atoms with E-state index in [1.54, 1.807) is 0 Å². The first-order valence-corrected chi connectivity index (χ1v) is 5.05. The molecule has 0 aliphatic heterocycles. The van der Waals surface area contributed by atoms with Crippen LogP contribution in [0.1, 0.15) is 25.8 Å². The molecule has 1 rings (SSSR count). The summed E-state index contributed by atoms with van der Waals surface area (Å²) in [6.45, 7) is 8.71. The summed E-state index contributed by atoms with van der Waals surface area (Å²) in [7, 11) is 0. The first-order valence-electron chi connectivity index (χ1n) is 5.05. The van der Waals surface area contributed by atoms with Gasteiger partial charge in [0.1, 0.15) is 0 Å². The summed E-state index contributed by atoms with van der Waals surface area (Å²) >= 11 is 0. The number of hydrogen-bond donors (Lipinski definition) is 0. The van der Waals surface area contributed by atoms with E-state index in [2.05, 4.69) is 25.6 Å². The summed E-state index contributed by atoms with van der Waals surface area (Å²) in [5, 5.41) is 0. The van der Waals surface area contributed by atoms with E-state index in [1.807, 2.05) is 25.1 Å². The van der Waals surface area contributed by atoms with Gasteiger partial charge in [0.25, 0.3) is 0 Å². The lowest BCUT2D eigenvalue weighted by atomic mass is 10.1. The van der Waals surface area contributed by atoms with E-state index in [9.17, 15) is 0 Å². The molecule has 1 atom stereocenters. The van der Waals surface area contributed by atoms with E-state index in [0.717, 1.165) is 12.0 Å². The maximum absolute atomic E-state index is 5.74. The average molecular weight is 190 g/mol. The van der Waals surface area contributed by atoms with Crippen molar-refractivity contribution in [1.82, 2.24) is 0 Å². The number of ether oxygens (including phenoxy) is 1. The zero-order chi connectivity index (χ0) is 10.4. The molecule has 0 aliphatic carbocycles. The summed E-state index contributed by atoms with van der Waals surface area (Å²) in [4.78, 5) is 0. The third-order valence-electron chi connectivity index (χ3n) is 2.21. The second kappa shape index (κ2) is 5.61. The molecular formula is C13H18O. The van der Waals surface area contributed by atoms with Crippen molar-refractivity contribution < 1.29 is 4.74 Å². The van der Waals surface area contributed by atoms with Gasteiger partial charge in [0.2, 0.25) is 0 Å². The highest BCUT2D eigenvalue weighted by Crippen LogP contribution is 2.11. The number of rotatable bonds is 5. The fourth-order valence-corrected chi connectivity index (χ4v) is 1.38. The van der Waals surface area contributed by atoms with Crippen LogP contribution in [0.3, 0.4) is 0 Å². The van der Waals surface area contributed by atoms with Crippen molar-refractivity contribution >= 4 is 0 Å². The lowest BCUT2D eigenvalue weighted by Crippen LogP contribution is -2.12. The second-order valence-corrected chi connectivity index (χ2v) is 3.54. The molecule has 0 spiro atoms. The molecule has 76 valence electrons. The van der Waals surface area contributed by atoms with Crippen LogP contribution < -0.4 is 0 Å². The van der Waals surface area contributed by atoms with Crippen LogP contribution in [-0.4, -0.2) is 6.10 Å². The zero-order valence-corrected chi connectivity index (χ0v) is 8.99. The second-order valence-electron chi connectivity index (χ2n) is 3.54. The quantitative estimate of drug-likeness (QED) is 0.645. The molecule has 1 aromatic carbocycles. The van der Waals surface area contributed by atoms with Gasteiger partial charge in [-0.15, -0.1) is 0 Å². The third-order valence-corrected chi connectivity index (χ3v) is 2.21. The molecule has 0 amide bonds. The molecule has 0 N–H and O–H groups in total. The number of benzene rings is 1. The minimum atomic E-state index is 0.190. The van der Waals surface area contributed by atoms with Gasteiger partial charge in [0.05, 0.1) is 12.7 Å². The fourth-order valence-electron chi connectivity index (χ4n) is 1.38. The Bertz CT molecular complexity index is 277. The van der Waals surface area contributed by atoms with Gasteiger partial charge in [-0.25, -0.2) is 0 Å². The largest absolute Gasteiger partial charge is 0.369 e. The molecule has 0 saturated carbocycles. The predicted octanol–water partition coefficient (Wildman–Crippen LogP) is 3.56. The molecule has 0 saturated heterocycles. The Morgan fingerprint density at radius 3 is 2.50 bits per heavy atom. The molecule has 1 heteroatoms. The molecule has 0 aliphatic rings. The first kappa shape index (κ1) is 11.0. The summed E-state index contributed by atoms with van der Waals surface area (Å²) in [6, 6.07) is 10.2. The van der Waals surface area contributed by atoms with E-state index in [4.69, 9.17) is 4.74 Å². The van der Waals surface area contributed by atoms with Crippen LogP contribution in [0.4, 0.5) is 0 Å². The lowest BCUT2D eigenvalue weighted by molar-refractivity contribution is 0.0624. The van der Waals surface area contributed by atoms with Crippen molar-refractivity contribution in [3.63, 3.8) is 0 Å². The van der Waals surface area contributed by atoms with Gasteiger partial charge >= 0.3 is 0 Å². The highest BCUT2D eigenvalue weighted by molar-refractivity contribution is 5.13. The molecule has 1 aromatic rings. The van der Waals surface area contributed by atoms with Crippen LogP contribution in [0.5, 0.6) is 0 Å². The molecule has 0 radical (unpaired) electrons. The van der Waals surface area contributed by atoms with Gasteiger partial charge in [-0.1, -0.05) is 49.4 Å². The van der Waals surface area contributed by atoms with E-state index in [0.29, 0.717) is 6.61 Å². The van der Waals surface area contributed by atoms with Crippen molar-refractivity contribution in [2.24, 2.45) is 0 Å². The standard InChI is InChI=1S/C13H18O/c1-4-13(11(2)3)14-10-12-8-6-5-7-9-12/h5-9,13H,2,4,10H2,1,3H3/t13-/m1/s1. The number of hydrogen-bond acceptors (Lipinski definition) is 1. The van der Waals surface area contributed by atoms with E-state index in [-0.39, 0.29) is 6.10 Å². The normalized spacial score (nSPS) is 12.4. The van der Waals surface area contributed by atoms with Gasteiger partial charge in [-0.2, -0.15) is 0 Å². The van der Waals surface area contributed by atoms with Crippen LogP contribution >= 0.6 is 0 Å². The lowest BCUT2D eigenvalue weighted by Gasteiger charge is -2.15. The maximum atomic E-state index is 5.74. The molecule has 0 bridgehead atoms. The van der Waals surface area contributed by atoms with E-state index < -0.39 is 0 Å². The Morgan fingerprint density at radius 1 is 1.36 bits per heavy atom. The van der Waals surface area contributed by atoms with Gasteiger partial charge < -0.3 is 4.74 Å². The third kappa shape index (κ3) is 3.35.